The Kier molecular flexibility index (Phi) is 5.54. The molecule has 2 aromatic rings. The third-order valence-electron chi connectivity index (χ3n) is 4.13. The molecule has 3 rings (SSSR count). The number of hydrogen-bond acceptors (Lipinski definition) is 4. The molecule has 1 N–H and O–H groups in total. The van der Waals surface area contributed by atoms with Crippen LogP contribution < -0.4 is 10.2 Å². The maximum Gasteiger partial charge on any atom is 0.270 e. The van der Waals surface area contributed by atoms with E-state index in [1.807, 2.05) is 54.8 Å². The monoisotopic (exact) mass is 382 g/mol. The number of carbonyl (C=O) groups is 2. The Bertz CT molecular complexity index is 887. The summed E-state index contributed by atoms with van der Waals surface area (Å²) in [5, 5.41) is 2.70. The van der Waals surface area contributed by atoms with E-state index in [0.29, 0.717) is 5.69 Å². The Morgan fingerprint density at radius 2 is 1.73 bits per heavy atom. The summed E-state index contributed by atoms with van der Waals surface area (Å²) in [6, 6.07) is 15.2. The van der Waals surface area contributed by atoms with E-state index in [9.17, 15) is 9.59 Å². The van der Waals surface area contributed by atoms with Crippen molar-refractivity contribution in [3.63, 3.8) is 0 Å². The Balaban J connectivity index is 1.95. The average Bonchev–Trinajstić information content (AvgIpc) is 2.66. The highest BCUT2D eigenvalue weighted by atomic mass is 32.2. The zero-order valence-electron chi connectivity index (χ0n) is 14.5. The summed E-state index contributed by atoms with van der Waals surface area (Å²) >= 11 is 6.85. The molecule has 0 bridgehead atoms. The maximum atomic E-state index is 12.9. The van der Waals surface area contributed by atoms with Crippen molar-refractivity contribution in [2.75, 3.05) is 11.2 Å². The lowest BCUT2D eigenvalue weighted by Gasteiger charge is -2.29. The van der Waals surface area contributed by atoms with Gasteiger partial charge in [-0.15, -0.1) is 11.8 Å². The van der Waals surface area contributed by atoms with Gasteiger partial charge in [0, 0.05) is 4.90 Å². The Hall–Kier alpha value is -2.44. The number of thiocarbonyl (C=S) groups is 1. The van der Waals surface area contributed by atoms with Crippen molar-refractivity contribution in [1.29, 1.82) is 0 Å². The first-order valence-electron chi connectivity index (χ1n) is 8.18. The molecule has 0 spiro atoms. The summed E-state index contributed by atoms with van der Waals surface area (Å²) < 4.78 is 0. The number of aryl methyl sites for hydroxylation is 1. The summed E-state index contributed by atoms with van der Waals surface area (Å²) in [6.07, 6.45) is 4.50. The number of nitrogens with one attached hydrogen (secondary N) is 1. The number of anilines is 1. The van der Waals surface area contributed by atoms with Crippen LogP contribution in [-0.2, 0) is 16.0 Å². The lowest BCUT2D eigenvalue weighted by atomic mass is 10.1. The van der Waals surface area contributed by atoms with E-state index in [0.717, 1.165) is 22.4 Å². The molecule has 1 fully saturated rings. The van der Waals surface area contributed by atoms with Gasteiger partial charge in [-0.3, -0.25) is 19.8 Å². The maximum absolute atomic E-state index is 12.9. The van der Waals surface area contributed by atoms with Gasteiger partial charge in [0.25, 0.3) is 11.8 Å². The Morgan fingerprint density at radius 3 is 2.31 bits per heavy atom. The lowest BCUT2D eigenvalue weighted by molar-refractivity contribution is -0.122. The summed E-state index contributed by atoms with van der Waals surface area (Å²) in [5.74, 6) is -0.896. The second-order valence-electron chi connectivity index (χ2n) is 5.75. The molecule has 1 saturated heterocycles. The minimum atomic E-state index is -0.477. The molecule has 1 aliphatic heterocycles. The van der Waals surface area contributed by atoms with Crippen molar-refractivity contribution in [3.8, 4) is 0 Å². The number of rotatable bonds is 4. The molecule has 0 aromatic heterocycles. The molecule has 2 aromatic carbocycles. The predicted molar refractivity (Wildman–Crippen MR) is 110 cm³/mol. The number of carbonyl (C=O) groups excluding carboxylic acids is 2. The first-order valence-corrected chi connectivity index (χ1v) is 9.81. The summed E-state index contributed by atoms with van der Waals surface area (Å²) in [6.45, 7) is 2.06. The second-order valence-corrected chi connectivity index (χ2v) is 7.02. The van der Waals surface area contributed by atoms with Gasteiger partial charge < -0.3 is 0 Å². The molecule has 4 nitrogen and oxygen atoms in total. The Labute approximate surface area is 162 Å². The average molecular weight is 383 g/mol. The number of amides is 2. The molecule has 0 saturated carbocycles. The highest BCUT2D eigenvalue weighted by Crippen LogP contribution is 2.23. The summed E-state index contributed by atoms with van der Waals surface area (Å²) in [4.78, 5) is 27.7. The van der Waals surface area contributed by atoms with E-state index >= 15 is 0 Å². The fraction of sp³-hybridized carbons (Fsp3) is 0.150. The minimum absolute atomic E-state index is 0.0649. The molecule has 0 atom stereocenters. The quantitative estimate of drug-likeness (QED) is 0.378. The number of benzene rings is 2. The third kappa shape index (κ3) is 3.71. The molecular weight excluding hydrogens is 364 g/mol. The fourth-order valence-electron chi connectivity index (χ4n) is 2.64. The van der Waals surface area contributed by atoms with E-state index in [-0.39, 0.29) is 10.7 Å². The zero-order valence-corrected chi connectivity index (χ0v) is 16.1. The summed E-state index contributed by atoms with van der Waals surface area (Å²) in [5.41, 5.74) is 2.66. The number of nitrogens with zero attached hydrogens (tertiary/aromatic N) is 1. The van der Waals surface area contributed by atoms with Crippen LogP contribution in [0, 0.1) is 0 Å². The third-order valence-corrected chi connectivity index (χ3v) is 5.16. The number of thioether (sulfide) groups is 1. The van der Waals surface area contributed by atoms with Gasteiger partial charge in [-0.25, -0.2) is 0 Å². The minimum Gasteiger partial charge on any atom is -0.298 e. The van der Waals surface area contributed by atoms with Crippen LogP contribution in [0.15, 0.2) is 59.0 Å². The van der Waals surface area contributed by atoms with E-state index in [1.165, 1.54) is 4.90 Å². The van der Waals surface area contributed by atoms with Gasteiger partial charge in [-0.1, -0.05) is 31.2 Å². The zero-order chi connectivity index (χ0) is 18.7. The summed E-state index contributed by atoms with van der Waals surface area (Å²) in [7, 11) is 0. The fourth-order valence-corrected chi connectivity index (χ4v) is 3.33. The normalized spacial score (nSPS) is 16.2. The van der Waals surface area contributed by atoms with Gasteiger partial charge >= 0.3 is 0 Å². The van der Waals surface area contributed by atoms with Gasteiger partial charge in [0.2, 0.25) is 0 Å². The van der Waals surface area contributed by atoms with Crippen LogP contribution in [0.3, 0.4) is 0 Å². The SMILES string of the molecule is CCc1ccc(N2C(=O)C(=Cc3ccc(SC)cc3)C(=O)NC2=S)cc1. The van der Waals surface area contributed by atoms with Gasteiger partial charge in [0.05, 0.1) is 5.69 Å². The molecule has 2 amide bonds. The second kappa shape index (κ2) is 7.85. The predicted octanol–water partition coefficient (Wildman–Crippen LogP) is 3.80. The first kappa shape index (κ1) is 18.4. The van der Waals surface area contributed by atoms with Gasteiger partial charge in [0.1, 0.15) is 5.57 Å². The molecule has 132 valence electrons. The van der Waals surface area contributed by atoms with Crippen LogP contribution in [0.4, 0.5) is 5.69 Å². The lowest BCUT2D eigenvalue weighted by Crippen LogP contribution is -2.54. The molecule has 6 heteroatoms. The van der Waals surface area contributed by atoms with Crippen molar-refractivity contribution in [2.24, 2.45) is 0 Å². The van der Waals surface area contributed by atoms with E-state index in [1.54, 1.807) is 17.8 Å². The topological polar surface area (TPSA) is 49.4 Å². The number of hydrogen-bond donors (Lipinski definition) is 1. The Morgan fingerprint density at radius 1 is 1.08 bits per heavy atom. The van der Waals surface area contributed by atoms with Crippen LogP contribution in [0.25, 0.3) is 6.08 Å². The van der Waals surface area contributed by atoms with Crippen LogP contribution in [0.1, 0.15) is 18.1 Å². The van der Waals surface area contributed by atoms with Crippen LogP contribution in [-0.4, -0.2) is 23.2 Å². The van der Waals surface area contributed by atoms with E-state index in [4.69, 9.17) is 12.2 Å². The van der Waals surface area contributed by atoms with Crippen LogP contribution in [0.2, 0.25) is 0 Å². The largest absolute Gasteiger partial charge is 0.298 e. The van der Waals surface area contributed by atoms with Crippen molar-refractivity contribution < 1.29 is 9.59 Å². The van der Waals surface area contributed by atoms with Crippen molar-refractivity contribution in [1.82, 2.24) is 5.32 Å². The van der Waals surface area contributed by atoms with Gasteiger partial charge in [0.15, 0.2) is 5.11 Å². The molecule has 26 heavy (non-hydrogen) atoms. The molecule has 1 heterocycles. The molecular formula is C20H18N2O2S2. The highest BCUT2D eigenvalue weighted by molar-refractivity contribution is 7.98. The van der Waals surface area contributed by atoms with Crippen LogP contribution >= 0.6 is 24.0 Å². The molecule has 0 aliphatic carbocycles. The first-order chi connectivity index (χ1) is 12.5. The van der Waals surface area contributed by atoms with Crippen LogP contribution in [0.5, 0.6) is 0 Å². The highest BCUT2D eigenvalue weighted by Gasteiger charge is 2.34. The van der Waals surface area contributed by atoms with Crippen molar-refractivity contribution in [2.45, 2.75) is 18.2 Å². The van der Waals surface area contributed by atoms with E-state index < -0.39 is 11.8 Å². The molecule has 0 unspecified atom stereocenters. The molecule has 1 aliphatic rings. The van der Waals surface area contributed by atoms with Gasteiger partial charge in [-0.05, 0) is 66.4 Å². The molecule has 0 radical (unpaired) electrons. The van der Waals surface area contributed by atoms with E-state index in [2.05, 4.69) is 12.2 Å². The smallest absolute Gasteiger partial charge is 0.270 e. The van der Waals surface area contributed by atoms with Gasteiger partial charge in [-0.2, -0.15) is 0 Å². The standard InChI is InChI=1S/C20H18N2O2S2/c1-3-13-4-8-15(9-5-13)22-19(24)17(18(23)21-20(22)25)12-14-6-10-16(26-2)11-7-14/h4-12H,3H2,1-2H3,(H,21,23,25). The van der Waals surface area contributed by atoms with Crippen molar-refractivity contribution in [3.05, 3.63) is 65.2 Å². The van der Waals surface area contributed by atoms with Crippen molar-refractivity contribution >= 4 is 52.7 Å².